The topological polar surface area (TPSA) is 96.9 Å². The number of hydrogen-bond acceptors (Lipinski definition) is 6. The summed E-state index contributed by atoms with van der Waals surface area (Å²) in [5.74, 6) is 0.582. The number of sulfonamides is 2. The van der Waals surface area contributed by atoms with Crippen LogP contribution < -0.4 is 4.74 Å². The van der Waals surface area contributed by atoms with Crippen LogP contribution in [-0.2, 0) is 26.2 Å². The van der Waals surface area contributed by atoms with Crippen molar-refractivity contribution in [1.29, 1.82) is 0 Å². The molecule has 1 aromatic heterocycles. The number of alkyl halides is 3. The van der Waals surface area contributed by atoms with Crippen LogP contribution in [0.25, 0.3) is 0 Å². The molecule has 0 spiro atoms. The Hall–Kier alpha value is -2.22. The van der Waals surface area contributed by atoms with Gasteiger partial charge >= 0.3 is 6.18 Å². The molecule has 8 nitrogen and oxygen atoms in total. The molecule has 0 aliphatic carbocycles. The summed E-state index contributed by atoms with van der Waals surface area (Å²) in [4.78, 5) is 3.22. The number of rotatable bonds is 9. The highest BCUT2D eigenvalue weighted by molar-refractivity contribution is 7.89. The maximum Gasteiger partial charge on any atom is 0.417 e. The van der Waals surface area contributed by atoms with Crippen molar-refractivity contribution in [3.05, 3.63) is 54.4 Å². The minimum atomic E-state index is -4.80. The van der Waals surface area contributed by atoms with Crippen molar-refractivity contribution < 1.29 is 34.7 Å². The SMILES string of the molecule is O=S(=O)(CCC[C@@H]1CCCN1S(=O)(=O)c1ccccc1C(F)(F)F)N1[C@@H]2CC[C@@H]1CC(Oc1ccncc1)C2. The molecule has 3 aliphatic rings. The van der Waals surface area contributed by atoms with Gasteiger partial charge in [0.05, 0.1) is 16.2 Å². The van der Waals surface area contributed by atoms with Gasteiger partial charge in [0.25, 0.3) is 0 Å². The first kappa shape index (κ1) is 28.3. The molecular formula is C26H32F3N3O5S2. The van der Waals surface area contributed by atoms with Gasteiger partial charge < -0.3 is 4.74 Å². The highest BCUT2D eigenvalue weighted by Gasteiger charge is 2.47. The Kier molecular flexibility index (Phi) is 7.97. The summed E-state index contributed by atoms with van der Waals surface area (Å²) in [6.45, 7) is 0.112. The molecule has 3 aliphatic heterocycles. The summed E-state index contributed by atoms with van der Waals surface area (Å²) in [6, 6.07) is 6.93. The van der Waals surface area contributed by atoms with Crippen molar-refractivity contribution >= 4 is 20.0 Å². The molecule has 214 valence electrons. The molecule has 13 heteroatoms. The molecule has 0 N–H and O–H groups in total. The molecule has 2 bridgehead atoms. The maximum absolute atomic E-state index is 13.5. The normalized spacial score (nSPS) is 26.6. The summed E-state index contributed by atoms with van der Waals surface area (Å²) in [7, 11) is -7.98. The Morgan fingerprint density at radius 2 is 1.62 bits per heavy atom. The average Bonchev–Trinajstić information content (AvgIpc) is 3.47. The van der Waals surface area contributed by atoms with Crippen molar-refractivity contribution in [1.82, 2.24) is 13.6 Å². The second-order valence-electron chi connectivity index (χ2n) is 10.5. The summed E-state index contributed by atoms with van der Waals surface area (Å²) in [5, 5.41) is 0. The van der Waals surface area contributed by atoms with E-state index in [1.165, 1.54) is 6.07 Å². The minimum absolute atomic E-state index is 0.0758. The van der Waals surface area contributed by atoms with Crippen LogP contribution in [0.1, 0.15) is 56.9 Å². The molecule has 1 aromatic carbocycles. The largest absolute Gasteiger partial charge is 0.490 e. The number of nitrogens with zero attached hydrogens (tertiary/aromatic N) is 3. The number of pyridine rings is 1. The van der Waals surface area contributed by atoms with Crippen molar-refractivity contribution in [3.63, 3.8) is 0 Å². The highest BCUT2D eigenvalue weighted by Crippen LogP contribution is 2.40. The summed E-state index contributed by atoms with van der Waals surface area (Å²) >= 11 is 0. The molecule has 0 radical (unpaired) electrons. The fraction of sp³-hybridized carbons (Fsp3) is 0.577. The van der Waals surface area contributed by atoms with E-state index >= 15 is 0 Å². The van der Waals surface area contributed by atoms with Gasteiger partial charge in [0, 0.05) is 49.9 Å². The Morgan fingerprint density at radius 1 is 0.949 bits per heavy atom. The predicted octanol–water partition coefficient (Wildman–Crippen LogP) is 4.44. The van der Waals surface area contributed by atoms with Gasteiger partial charge in [-0.25, -0.2) is 16.8 Å². The molecule has 3 atom stereocenters. The number of hydrogen-bond donors (Lipinski definition) is 0. The van der Waals surface area contributed by atoms with Gasteiger partial charge in [0.15, 0.2) is 0 Å². The fourth-order valence-electron chi connectivity index (χ4n) is 6.32. The lowest BCUT2D eigenvalue weighted by atomic mass is 10.0. The van der Waals surface area contributed by atoms with Crippen LogP contribution in [0.2, 0.25) is 0 Å². The monoisotopic (exact) mass is 587 g/mol. The van der Waals surface area contributed by atoms with Gasteiger partial charge in [-0.05, 0) is 62.8 Å². The third kappa shape index (κ3) is 5.96. The quantitative estimate of drug-likeness (QED) is 0.431. The van der Waals surface area contributed by atoms with E-state index in [1.807, 2.05) is 0 Å². The van der Waals surface area contributed by atoms with Crippen molar-refractivity contribution in [2.75, 3.05) is 12.3 Å². The number of aromatic nitrogens is 1. The van der Waals surface area contributed by atoms with E-state index in [9.17, 15) is 30.0 Å². The number of piperidine rings is 1. The lowest BCUT2D eigenvalue weighted by Gasteiger charge is -2.38. The predicted molar refractivity (Wildman–Crippen MR) is 138 cm³/mol. The van der Waals surface area contributed by atoms with E-state index in [-0.39, 0.29) is 43.3 Å². The van der Waals surface area contributed by atoms with Gasteiger partial charge in [-0.3, -0.25) is 4.98 Å². The molecule has 3 fully saturated rings. The zero-order valence-electron chi connectivity index (χ0n) is 21.3. The van der Waals surface area contributed by atoms with Gasteiger partial charge in [0.1, 0.15) is 11.9 Å². The summed E-state index contributed by atoms with van der Waals surface area (Å²) in [5.41, 5.74) is -1.19. The van der Waals surface area contributed by atoms with E-state index in [0.717, 1.165) is 35.3 Å². The zero-order chi connectivity index (χ0) is 27.8. The molecule has 4 heterocycles. The Bertz CT molecular complexity index is 1360. The first-order valence-electron chi connectivity index (χ1n) is 13.2. The average molecular weight is 588 g/mol. The smallest absolute Gasteiger partial charge is 0.417 e. The fourth-order valence-corrected chi connectivity index (χ4v) is 10.3. The molecule has 39 heavy (non-hydrogen) atoms. The lowest BCUT2D eigenvalue weighted by Crippen LogP contribution is -2.50. The van der Waals surface area contributed by atoms with Gasteiger partial charge in [0.2, 0.25) is 20.0 Å². The second kappa shape index (κ2) is 11.0. The Balaban J connectivity index is 1.21. The number of fused-ring (bicyclic) bond motifs is 2. The molecule has 0 saturated carbocycles. The first-order valence-corrected chi connectivity index (χ1v) is 16.3. The number of halogens is 3. The zero-order valence-corrected chi connectivity index (χ0v) is 23.0. The van der Waals surface area contributed by atoms with Crippen LogP contribution in [0, 0.1) is 0 Å². The van der Waals surface area contributed by atoms with Crippen LogP contribution in [0.4, 0.5) is 13.2 Å². The van der Waals surface area contributed by atoms with E-state index in [1.54, 1.807) is 28.8 Å². The van der Waals surface area contributed by atoms with E-state index in [0.29, 0.717) is 31.4 Å². The highest BCUT2D eigenvalue weighted by atomic mass is 32.2. The summed E-state index contributed by atoms with van der Waals surface area (Å²) in [6.07, 6.45) is 2.66. The van der Waals surface area contributed by atoms with Crippen molar-refractivity contribution in [2.24, 2.45) is 0 Å². The van der Waals surface area contributed by atoms with Crippen LogP contribution in [0.15, 0.2) is 53.7 Å². The minimum Gasteiger partial charge on any atom is -0.490 e. The molecule has 0 unspecified atom stereocenters. The standard InChI is InChI=1S/C26H32F3N3O5S2/c27-26(28,29)24-7-1-2-8-25(24)39(35,36)31-15-3-5-19(31)6-4-16-38(33,34)32-20-9-10-21(32)18-23(17-20)37-22-11-13-30-14-12-22/h1-2,7-8,11-14,19-21,23H,3-6,9-10,15-18H2/t19-,20+,21+/m0/s1. The van der Waals surface area contributed by atoms with Crippen LogP contribution in [0.5, 0.6) is 5.75 Å². The maximum atomic E-state index is 13.5. The van der Waals surface area contributed by atoms with Crippen molar-refractivity contribution in [2.45, 2.75) is 86.7 Å². The van der Waals surface area contributed by atoms with Crippen LogP contribution >= 0.6 is 0 Å². The first-order chi connectivity index (χ1) is 18.5. The summed E-state index contributed by atoms with van der Waals surface area (Å²) < 4.78 is 103. The molecule has 3 saturated heterocycles. The molecule has 2 aromatic rings. The van der Waals surface area contributed by atoms with Crippen LogP contribution in [0.3, 0.4) is 0 Å². The van der Waals surface area contributed by atoms with E-state index in [4.69, 9.17) is 4.74 Å². The van der Waals surface area contributed by atoms with E-state index in [2.05, 4.69) is 4.98 Å². The molecule has 0 amide bonds. The second-order valence-corrected chi connectivity index (χ2v) is 14.3. The van der Waals surface area contributed by atoms with Gasteiger partial charge in [-0.15, -0.1) is 0 Å². The van der Waals surface area contributed by atoms with Crippen molar-refractivity contribution in [3.8, 4) is 5.75 Å². The van der Waals surface area contributed by atoms with Gasteiger partial charge in [-0.2, -0.15) is 21.8 Å². The Morgan fingerprint density at radius 3 is 2.28 bits per heavy atom. The van der Waals surface area contributed by atoms with E-state index < -0.39 is 42.7 Å². The third-order valence-corrected chi connectivity index (χ3v) is 12.0. The Labute approximate surface area is 227 Å². The van der Waals surface area contributed by atoms with Gasteiger partial charge in [-0.1, -0.05) is 12.1 Å². The lowest BCUT2D eigenvalue weighted by molar-refractivity contribution is -0.139. The number of ether oxygens (including phenoxy) is 1. The number of benzene rings is 1. The molecular weight excluding hydrogens is 555 g/mol. The third-order valence-electron chi connectivity index (χ3n) is 7.94. The van der Waals surface area contributed by atoms with Crippen LogP contribution in [-0.4, -0.2) is 67.0 Å². The molecule has 5 rings (SSSR count).